The Morgan fingerprint density at radius 2 is 1.52 bits per heavy atom. The number of para-hydroxylation sites is 3. The average molecular weight is 315 g/mol. The average Bonchev–Trinajstić information content (AvgIpc) is 2.60. The maximum Gasteiger partial charge on any atom is 0.342 e. The van der Waals surface area contributed by atoms with Gasteiger partial charge in [-0.2, -0.15) is 0 Å². The second-order valence-corrected chi connectivity index (χ2v) is 4.52. The van der Waals surface area contributed by atoms with Gasteiger partial charge in [0, 0.05) is 0 Å². The Kier molecular flexibility index (Phi) is 5.57. The molecule has 0 heterocycles. The number of anilines is 1. The van der Waals surface area contributed by atoms with Crippen molar-refractivity contribution in [3.05, 3.63) is 54.1 Å². The van der Waals surface area contributed by atoms with Crippen LogP contribution in [0.2, 0.25) is 0 Å². The van der Waals surface area contributed by atoms with E-state index in [9.17, 15) is 9.59 Å². The van der Waals surface area contributed by atoms with Crippen LogP contribution in [0.3, 0.4) is 0 Å². The number of methoxy groups -OCH3 is 2. The first-order chi connectivity index (χ1) is 11.2. The van der Waals surface area contributed by atoms with E-state index in [0.29, 0.717) is 17.2 Å². The van der Waals surface area contributed by atoms with E-state index in [0.717, 1.165) is 0 Å². The third-order valence-electron chi connectivity index (χ3n) is 3.04. The second kappa shape index (κ2) is 7.84. The molecule has 0 aliphatic carbocycles. The van der Waals surface area contributed by atoms with E-state index in [1.165, 1.54) is 14.2 Å². The monoisotopic (exact) mass is 315 g/mol. The van der Waals surface area contributed by atoms with Gasteiger partial charge in [0.05, 0.1) is 19.9 Å². The van der Waals surface area contributed by atoms with E-state index in [2.05, 4.69) is 5.32 Å². The molecule has 0 bridgehead atoms. The first kappa shape index (κ1) is 16.4. The first-order valence-corrected chi connectivity index (χ1v) is 6.88. The van der Waals surface area contributed by atoms with Gasteiger partial charge >= 0.3 is 5.97 Å². The molecule has 0 saturated heterocycles. The van der Waals surface area contributed by atoms with E-state index >= 15 is 0 Å². The van der Waals surface area contributed by atoms with E-state index in [1.54, 1.807) is 48.5 Å². The summed E-state index contributed by atoms with van der Waals surface area (Å²) >= 11 is 0. The highest BCUT2D eigenvalue weighted by Gasteiger charge is 2.15. The smallest absolute Gasteiger partial charge is 0.342 e. The Bertz CT molecular complexity index is 699. The van der Waals surface area contributed by atoms with Gasteiger partial charge < -0.3 is 19.5 Å². The van der Waals surface area contributed by atoms with E-state index in [1.807, 2.05) is 0 Å². The van der Waals surface area contributed by atoms with Crippen LogP contribution >= 0.6 is 0 Å². The molecular formula is C17H17NO5. The summed E-state index contributed by atoms with van der Waals surface area (Å²) in [5, 5.41) is 2.62. The van der Waals surface area contributed by atoms with Crippen LogP contribution in [-0.4, -0.2) is 32.7 Å². The van der Waals surface area contributed by atoms with Gasteiger partial charge in [0.2, 0.25) is 0 Å². The molecule has 1 amide bonds. The fourth-order valence-electron chi connectivity index (χ4n) is 1.96. The van der Waals surface area contributed by atoms with Crippen LogP contribution in [0.25, 0.3) is 0 Å². The lowest BCUT2D eigenvalue weighted by Crippen LogP contribution is -2.21. The van der Waals surface area contributed by atoms with Gasteiger partial charge in [-0.25, -0.2) is 4.79 Å². The maximum absolute atomic E-state index is 12.0. The van der Waals surface area contributed by atoms with Crippen LogP contribution in [0, 0.1) is 0 Å². The van der Waals surface area contributed by atoms with Crippen molar-refractivity contribution in [2.45, 2.75) is 0 Å². The third-order valence-corrected chi connectivity index (χ3v) is 3.04. The first-order valence-electron chi connectivity index (χ1n) is 6.88. The minimum absolute atomic E-state index is 0.264. The lowest BCUT2D eigenvalue weighted by Gasteiger charge is -2.11. The summed E-state index contributed by atoms with van der Waals surface area (Å²) in [4.78, 5) is 23.9. The van der Waals surface area contributed by atoms with Crippen molar-refractivity contribution < 1.29 is 23.8 Å². The summed E-state index contributed by atoms with van der Waals surface area (Å²) in [5.74, 6) is -0.171. The maximum atomic E-state index is 12.0. The number of esters is 1. The van der Waals surface area contributed by atoms with Gasteiger partial charge in [-0.3, -0.25) is 4.79 Å². The van der Waals surface area contributed by atoms with E-state index < -0.39 is 18.5 Å². The lowest BCUT2D eigenvalue weighted by atomic mass is 10.2. The molecule has 0 spiro atoms. The summed E-state index contributed by atoms with van der Waals surface area (Å²) < 4.78 is 15.2. The molecule has 120 valence electrons. The third kappa shape index (κ3) is 4.23. The molecular weight excluding hydrogens is 298 g/mol. The quantitative estimate of drug-likeness (QED) is 0.829. The van der Waals surface area contributed by atoms with Crippen molar-refractivity contribution in [1.29, 1.82) is 0 Å². The van der Waals surface area contributed by atoms with Crippen LogP contribution in [0.15, 0.2) is 48.5 Å². The molecule has 1 N–H and O–H groups in total. The molecule has 0 atom stereocenters. The van der Waals surface area contributed by atoms with Crippen LogP contribution in [0.1, 0.15) is 10.4 Å². The lowest BCUT2D eigenvalue weighted by molar-refractivity contribution is -0.119. The van der Waals surface area contributed by atoms with Gasteiger partial charge in [0.15, 0.2) is 6.61 Å². The number of hydrogen-bond acceptors (Lipinski definition) is 5. The summed E-state index contributed by atoms with van der Waals surface area (Å²) in [6, 6.07) is 13.6. The topological polar surface area (TPSA) is 73.9 Å². The highest BCUT2D eigenvalue weighted by atomic mass is 16.5. The largest absolute Gasteiger partial charge is 0.496 e. The van der Waals surface area contributed by atoms with Crippen molar-refractivity contribution in [3.63, 3.8) is 0 Å². The summed E-state index contributed by atoms with van der Waals surface area (Å²) in [7, 11) is 2.97. The van der Waals surface area contributed by atoms with Gasteiger partial charge in [-0.05, 0) is 24.3 Å². The zero-order valence-electron chi connectivity index (χ0n) is 12.9. The van der Waals surface area contributed by atoms with Crippen molar-refractivity contribution in [3.8, 4) is 11.5 Å². The minimum atomic E-state index is -0.627. The van der Waals surface area contributed by atoms with Gasteiger partial charge in [0.1, 0.15) is 17.1 Å². The molecule has 0 aliphatic heterocycles. The van der Waals surface area contributed by atoms with Crippen LogP contribution in [0.5, 0.6) is 11.5 Å². The van der Waals surface area contributed by atoms with Crippen LogP contribution < -0.4 is 14.8 Å². The predicted molar refractivity (Wildman–Crippen MR) is 84.9 cm³/mol. The Hall–Kier alpha value is -3.02. The van der Waals surface area contributed by atoms with Crippen LogP contribution in [-0.2, 0) is 9.53 Å². The summed E-state index contributed by atoms with van der Waals surface area (Å²) in [6.07, 6.45) is 0. The summed E-state index contributed by atoms with van der Waals surface area (Å²) in [6.45, 7) is -0.408. The summed E-state index contributed by atoms with van der Waals surface area (Å²) in [5.41, 5.74) is 0.772. The fraction of sp³-hybridized carbons (Fsp3) is 0.176. The number of hydrogen-bond donors (Lipinski definition) is 1. The van der Waals surface area contributed by atoms with Crippen molar-refractivity contribution in [2.75, 3.05) is 26.1 Å². The zero-order chi connectivity index (χ0) is 16.7. The van der Waals surface area contributed by atoms with Gasteiger partial charge in [-0.1, -0.05) is 24.3 Å². The number of amides is 1. The van der Waals surface area contributed by atoms with E-state index in [-0.39, 0.29) is 5.56 Å². The molecule has 23 heavy (non-hydrogen) atoms. The van der Waals surface area contributed by atoms with E-state index in [4.69, 9.17) is 14.2 Å². The molecule has 2 aromatic carbocycles. The number of ether oxygens (including phenoxy) is 3. The molecule has 0 unspecified atom stereocenters. The SMILES string of the molecule is COc1ccccc1NC(=O)COC(=O)c1ccccc1OC. The Morgan fingerprint density at radius 1 is 0.913 bits per heavy atom. The number of rotatable bonds is 6. The predicted octanol–water partition coefficient (Wildman–Crippen LogP) is 2.50. The molecule has 0 saturated carbocycles. The van der Waals surface area contributed by atoms with Crippen molar-refractivity contribution in [1.82, 2.24) is 0 Å². The van der Waals surface area contributed by atoms with Crippen molar-refractivity contribution >= 4 is 17.6 Å². The zero-order valence-corrected chi connectivity index (χ0v) is 12.9. The number of carbonyl (C=O) groups excluding carboxylic acids is 2. The van der Waals surface area contributed by atoms with Gasteiger partial charge in [0.25, 0.3) is 5.91 Å². The minimum Gasteiger partial charge on any atom is -0.496 e. The molecule has 0 fully saturated rings. The highest BCUT2D eigenvalue weighted by Crippen LogP contribution is 2.23. The Balaban J connectivity index is 1.95. The normalized spacial score (nSPS) is 9.83. The standard InChI is InChI=1S/C17H17NO5/c1-21-14-9-5-3-7-12(14)17(20)23-11-16(19)18-13-8-4-6-10-15(13)22-2/h3-10H,11H2,1-2H3,(H,18,19). The molecule has 0 aliphatic rings. The molecule has 6 nitrogen and oxygen atoms in total. The fourth-order valence-corrected chi connectivity index (χ4v) is 1.96. The number of nitrogens with one attached hydrogen (secondary N) is 1. The second-order valence-electron chi connectivity index (χ2n) is 4.52. The molecule has 0 aromatic heterocycles. The Morgan fingerprint density at radius 3 is 2.22 bits per heavy atom. The van der Waals surface area contributed by atoms with Crippen molar-refractivity contribution in [2.24, 2.45) is 0 Å². The van der Waals surface area contributed by atoms with Crippen LogP contribution in [0.4, 0.5) is 5.69 Å². The molecule has 2 rings (SSSR count). The number of benzene rings is 2. The molecule has 6 heteroatoms. The molecule has 0 radical (unpaired) electrons. The van der Waals surface area contributed by atoms with Gasteiger partial charge in [-0.15, -0.1) is 0 Å². The molecule has 2 aromatic rings. The Labute approximate surface area is 134 Å². The highest BCUT2D eigenvalue weighted by molar-refractivity contribution is 5.97. The number of carbonyl (C=O) groups is 2.